The van der Waals surface area contributed by atoms with Crippen LogP contribution in [0.4, 0.5) is 0 Å². The van der Waals surface area contributed by atoms with Crippen LogP contribution in [0.3, 0.4) is 0 Å². The molecule has 1 heterocycles. The van der Waals surface area contributed by atoms with Gasteiger partial charge in [-0.05, 0) is 43.9 Å². The predicted octanol–water partition coefficient (Wildman–Crippen LogP) is 3.97. The number of benzene rings is 1. The summed E-state index contributed by atoms with van der Waals surface area (Å²) in [6.45, 7) is 7.82. The number of carbonyl (C=O) groups excluding carboxylic acids is 1. The second kappa shape index (κ2) is 6.84. The van der Waals surface area contributed by atoms with Crippen LogP contribution in [0.5, 0.6) is 0 Å². The molecule has 1 aromatic carbocycles. The lowest BCUT2D eigenvalue weighted by Crippen LogP contribution is -2.50. The van der Waals surface area contributed by atoms with E-state index in [1.165, 1.54) is 0 Å². The molecule has 0 saturated carbocycles. The summed E-state index contributed by atoms with van der Waals surface area (Å²) in [6, 6.07) is 7.62. The van der Waals surface area contributed by atoms with Gasteiger partial charge in [-0.15, -0.1) is 6.58 Å². The first-order valence-corrected chi connectivity index (χ1v) is 8.10. The molecule has 4 heteroatoms. The van der Waals surface area contributed by atoms with Crippen LogP contribution in [0.2, 0.25) is 5.02 Å². The number of allylic oxidation sites excluding steroid dienone is 1. The first-order chi connectivity index (χ1) is 10.4. The fraction of sp³-hybridized carbons (Fsp3) is 0.500. The monoisotopic (exact) mass is 321 g/mol. The van der Waals surface area contributed by atoms with E-state index in [0.717, 1.165) is 18.4 Å². The van der Waals surface area contributed by atoms with Crippen LogP contribution in [-0.4, -0.2) is 28.6 Å². The smallest absolute Gasteiger partial charge is 0.229 e. The Morgan fingerprint density at radius 2 is 2.14 bits per heavy atom. The zero-order valence-corrected chi connectivity index (χ0v) is 14.0. The fourth-order valence-electron chi connectivity index (χ4n) is 3.24. The Balaban J connectivity index is 2.32. The quantitative estimate of drug-likeness (QED) is 0.834. The second-order valence-electron chi connectivity index (χ2n) is 6.47. The first kappa shape index (κ1) is 17.0. The van der Waals surface area contributed by atoms with Crippen molar-refractivity contribution in [1.82, 2.24) is 4.90 Å². The van der Waals surface area contributed by atoms with Crippen molar-refractivity contribution < 1.29 is 9.90 Å². The maximum Gasteiger partial charge on any atom is 0.229 e. The van der Waals surface area contributed by atoms with Gasteiger partial charge in [-0.25, -0.2) is 0 Å². The van der Waals surface area contributed by atoms with Crippen molar-refractivity contribution >= 4 is 17.5 Å². The van der Waals surface area contributed by atoms with Crippen molar-refractivity contribution in [1.29, 1.82) is 0 Å². The van der Waals surface area contributed by atoms with Gasteiger partial charge in [0.2, 0.25) is 5.91 Å². The van der Waals surface area contributed by atoms with Crippen LogP contribution in [0, 0.1) is 5.41 Å². The Morgan fingerprint density at radius 3 is 2.68 bits per heavy atom. The molecule has 1 fully saturated rings. The van der Waals surface area contributed by atoms with Gasteiger partial charge in [0.1, 0.15) is 0 Å². The Labute approximate surface area is 137 Å². The molecule has 0 radical (unpaired) electrons. The topological polar surface area (TPSA) is 40.5 Å². The first-order valence-electron chi connectivity index (χ1n) is 7.73. The molecule has 1 saturated heterocycles. The standard InChI is InChI=1S/C18H24ClNO2/c1-4-10-18(3)11-9-16(14-5-7-15(19)8-6-14)20(17(18)22)12-13(2)21/h4-8,13,16,21H,1,9-12H2,2-3H3/t13?,16-,18-/m0/s1. The lowest BCUT2D eigenvalue weighted by atomic mass is 9.75. The third-order valence-electron chi connectivity index (χ3n) is 4.43. The van der Waals surface area contributed by atoms with Crippen LogP contribution in [-0.2, 0) is 4.79 Å². The van der Waals surface area contributed by atoms with Gasteiger partial charge in [-0.1, -0.05) is 36.7 Å². The van der Waals surface area contributed by atoms with E-state index >= 15 is 0 Å². The van der Waals surface area contributed by atoms with Crippen LogP contribution in [0.15, 0.2) is 36.9 Å². The zero-order valence-electron chi connectivity index (χ0n) is 13.3. The van der Waals surface area contributed by atoms with Crippen molar-refractivity contribution in [2.24, 2.45) is 5.41 Å². The molecule has 2 rings (SSSR count). The number of nitrogens with zero attached hydrogens (tertiary/aromatic N) is 1. The van der Waals surface area contributed by atoms with E-state index in [-0.39, 0.29) is 11.9 Å². The third-order valence-corrected chi connectivity index (χ3v) is 4.69. The number of halogens is 1. The van der Waals surface area contributed by atoms with Gasteiger partial charge < -0.3 is 10.0 Å². The van der Waals surface area contributed by atoms with Crippen molar-refractivity contribution in [2.75, 3.05) is 6.54 Å². The van der Waals surface area contributed by atoms with E-state index in [1.54, 1.807) is 13.0 Å². The van der Waals surface area contributed by atoms with E-state index in [1.807, 2.05) is 36.1 Å². The average molecular weight is 322 g/mol. The minimum Gasteiger partial charge on any atom is -0.392 e. The van der Waals surface area contributed by atoms with Gasteiger partial charge >= 0.3 is 0 Å². The number of hydrogen-bond acceptors (Lipinski definition) is 2. The van der Waals surface area contributed by atoms with Gasteiger partial charge in [0.05, 0.1) is 17.6 Å². The van der Waals surface area contributed by atoms with Crippen LogP contribution < -0.4 is 0 Å². The summed E-state index contributed by atoms with van der Waals surface area (Å²) in [6.07, 6.45) is 3.62. The lowest BCUT2D eigenvalue weighted by molar-refractivity contribution is -0.151. The molecular weight excluding hydrogens is 298 g/mol. The summed E-state index contributed by atoms with van der Waals surface area (Å²) < 4.78 is 0. The van der Waals surface area contributed by atoms with E-state index in [0.29, 0.717) is 18.0 Å². The molecule has 1 aliphatic rings. The summed E-state index contributed by atoms with van der Waals surface area (Å²) in [5, 5.41) is 10.5. The van der Waals surface area contributed by atoms with Gasteiger partial charge in [-0.3, -0.25) is 4.79 Å². The second-order valence-corrected chi connectivity index (χ2v) is 6.90. The summed E-state index contributed by atoms with van der Waals surface area (Å²) in [5.41, 5.74) is 0.651. The maximum atomic E-state index is 13.0. The highest BCUT2D eigenvalue weighted by Gasteiger charge is 2.43. The minimum absolute atomic E-state index is 0.00254. The fourth-order valence-corrected chi connectivity index (χ4v) is 3.37. The zero-order chi connectivity index (χ0) is 16.3. The highest BCUT2D eigenvalue weighted by Crippen LogP contribution is 2.43. The molecule has 1 aromatic rings. The highest BCUT2D eigenvalue weighted by molar-refractivity contribution is 6.30. The number of piperidine rings is 1. The summed E-state index contributed by atoms with van der Waals surface area (Å²) in [4.78, 5) is 14.8. The molecule has 3 atom stereocenters. The molecular formula is C18H24ClNO2. The third kappa shape index (κ3) is 3.53. The Kier molecular flexibility index (Phi) is 5.30. The molecule has 1 aliphatic heterocycles. The molecule has 0 aromatic heterocycles. The number of amides is 1. The van der Waals surface area contributed by atoms with Crippen molar-refractivity contribution in [3.05, 3.63) is 47.5 Å². The molecule has 22 heavy (non-hydrogen) atoms. The number of aliphatic hydroxyl groups excluding tert-OH is 1. The molecule has 1 unspecified atom stereocenters. The van der Waals surface area contributed by atoms with E-state index < -0.39 is 11.5 Å². The minimum atomic E-state index is -0.551. The summed E-state index contributed by atoms with van der Waals surface area (Å²) in [5.74, 6) is 0.0968. The van der Waals surface area contributed by atoms with E-state index in [4.69, 9.17) is 11.6 Å². The number of likely N-dealkylation sites (tertiary alicyclic amines) is 1. The number of β-amino-alcohol motifs (C(OH)–C–C–N with tert-alkyl or cyclic N) is 1. The number of hydrogen-bond donors (Lipinski definition) is 1. The SMILES string of the molecule is C=CC[C@@]1(C)CC[C@@H](c2ccc(Cl)cc2)N(CC(C)O)C1=O. The molecule has 0 bridgehead atoms. The van der Waals surface area contributed by atoms with Crippen molar-refractivity contribution in [3.63, 3.8) is 0 Å². The molecule has 120 valence electrons. The van der Waals surface area contributed by atoms with Crippen LogP contribution in [0.25, 0.3) is 0 Å². The van der Waals surface area contributed by atoms with Crippen molar-refractivity contribution in [2.45, 2.75) is 45.3 Å². The average Bonchev–Trinajstić information content (AvgIpc) is 2.46. The van der Waals surface area contributed by atoms with E-state index in [9.17, 15) is 9.90 Å². The lowest BCUT2D eigenvalue weighted by Gasteiger charge is -2.45. The number of aliphatic hydroxyl groups is 1. The van der Waals surface area contributed by atoms with Crippen molar-refractivity contribution in [3.8, 4) is 0 Å². The molecule has 3 nitrogen and oxygen atoms in total. The van der Waals surface area contributed by atoms with Gasteiger partial charge in [0.15, 0.2) is 0 Å². The Bertz CT molecular complexity index is 541. The van der Waals surface area contributed by atoms with Gasteiger partial charge in [0, 0.05) is 11.6 Å². The Morgan fingerprint density at radius 1 is 1.50 bits per heavy atom. The number of carbonyl (C=O) groups is 1. The molecule has 0 aliphatic carbocycles. The van der Waals surface area contributed by atoms with Gasteiger partial charge in [0.25, 0.3) is 0 Å². The molecule has 1 N–H and O–H groups in total. The summed E-state index contributed by atoms with van der Waals surface area (Å²) >= 11 is 5.95. The Hall–Kier alpha value is -1.32. The normalized spacial score (nSPS) is 26.8. The largest absolute Gasteiger partial charge is 0.392 e. The van der Waals surface area contributed by atoms with Crippen LogP contribution in [0.1, 0.15) is 44.7 Å². The van der Waals surface area contributed by atoms with E-state index in [2.05, 4.69) is 6.58 Å². The maximum absolute atomic E-state index is 13.0. The van der Waals surface area contributed by atoms with Gasteiger partial charge in [-0.2, -0.15) is 0 Å². The van der Waals surface area contributed by atoms with Crippen LogP contribution >= 0.6 is 11.6 Å². The highest BCUT2D eigenvalue weighted by atomic mass is 35.5. The molecule has 0 spiro atoms. The number of rotatable bonds is 5. The molecule has 1 amide bonds. The predicted molar refractivity (Wildman–Crippen MR) is 89.7 cm³/mol. The summed E-state index contributed by atoms with van der Waals surface area (Å²) in [7, 11) is 0.